The molecule has 2 fully saturated rings. The topological polar surface area (TPSA) is 93.0 Å². The van der Waals surface area contributed by atoms with E-state index in [0.717, 1.165) is 12.8 Å². The van der Waals surface area contributed by atoms with E-state index in [1.807, 2.05) is 0 Å². The van der Waals surface area contributed by atoms with E-state index < -0.39 is 0 Å². The third kappa shape index (κ3) is 2.43. The van der Waals surface area contributed by atoms with E-state index in [4.69, 9.17) is 11.6 Å². The lowest BCUT2D eigenvalue weighted by Crippen LogP contribution is -2.48. The van der Waals surface area contributed by atoms with Crippen molar-refractivity contribution in [3.05, 3.63) is 35.1 Å². The van der Waals surface area contributed by atoms with E-state index in [2.05, 4.69) is 20.8 Å². The first-order valence-electron chi connectivity index (χ1n) is 7.77. The molecule has 0 bridgehead atoms. The molecular weight excluding hydrogens is 332 g/mol. The Morgan fingerprint density at radius 2 is 2.25 bits per heavy atom. The number of rotatable bonds is 2. The molecule has 0 radical (unpaired) electrons. The van der Waals surface area contributed by atoms with Gasteiger partial charge in [-0.25, -0.2) is 0 Å². The number of amides is 2. The molecule has 8 nitrogen and oxygen atoms in total. The highest BCUT2D eigenvalue weighted by atomic mass is 35.5. The van der Waals surface area contributed by atoms with Gasteiger partial charge in [0.2, 0.25) is 5.91 Å². The molecule has 1 aromatic heterocycles. The van der Waals surface area contributed by atoms with Crippen LogP contribution in [0, 0.1) is 5.92 Å². The van der Waals surface area contributed by atoms with Gasteiger partial charge >= 0.3 is 0 Å². The summed E-state index contributed by atoms with van der Waals surface area (Å²) in [4.78, 5) is 26.9. The van der Waals surface area contributed by atoms with Crippen molar-refractivity contribution >= 4 is 23.4 Å². The summed E-state index contributed by atoms with van der Waals surface area (Å²) in [5.74, 6) is -0.253. The van der Waals surface area contributed by atoms with Crippen molar-refractivity contribution in [1.82, 2.24) is 30.4 Å². The minimum Gasteiger partial charge on any atom is -0.354 e. The lowest BCUT2D eigenvalue weighted by Gasteiger charge is -2.36. The van der Waals surface area contributed by atoms with Gasteiger partial charge in [0.1, 0.15) is 6.33 Å². The van der Waals surface area contributed by atoms with Crippen LogP contribution in [0.3, 0.4) is 0 Å². The first kappa shape index (κ1) is 15.1. The van der Waals surface area contributed by atoms with Gasteiger partial charge in [0, 0.05) is 18.1 Å². The lowest BCUT2D eigenvalue weighted by atomic mass is 9.91. The van der Waals surface area contributed by atoms with Crippen molar-refractivity contribution in [1.29, 1.82) is 0 Å². The molecule has 9 heteroatoms. The van der Waals surface area contributed by atoms with Crippen molar-refractivity contribution in [2.45, 2.75) is 18.9 Å². The Bertz CT molecular complexity index is 793. The number of hydrogen-bond acceptors (Lipinski definition) is 5. The molecule has 2 aliphatic heterocycles. The third-order valence-electron chi connectivity index (χ3n) is 4.65. The maximum atomic E-state index is 13.2. The predicted molar refractivity (Wildman–Crippen MR) is 84.7 cm³/mol. The Balaban J connectivity index is 1.72. The maximum absolute atomic E-state index is 13.2. The summed E-state index contributed by atoms with van der Waals surface area (Å²) in [6, 6.07) is 4.91. The summed E-state index contributed by atoms with van der Waals surface area (Å²) in [5.41, 5.74) is 0.989. The second-order valence-electron chi connectivity index (χ2n) is 5.98. The van der Waals surface area contributed by atoms with Crippen LogP contribution in [0.15, 0.2) is 24.5 Å². The second-order valence-corrected chi connectivity index (χ2v) is 6.41. The van der Waals surface area contributed by atoms with Gasteiger partial charge in [0.25, 0.3) is 5.91 Å². The zero-order valence-electron chi connectivity index (χ0n) is 12.7. The molecule has 0 spiro atoms. The molecule has 2 saturated heterocycles. The van der Waals surface area contributed by atoms with Crippen molar-refractivity contribution in [2.75, 3.05) is 13.1 Å². The number of carbonyl (C=O) groups excluding carboxylic acids is 2. The zero-order chi connectivity index (χ0) is 16.7. The molecule has 0 saturated carbocycles. The van der Waals surface area contributed by atoms with Gasteiger partial charge in [-0.2, -0.15) is 4.68 Å². The largest absolute Gasteiger partial charge is 0.354 e. The Kier molecular flexibility index (Phi) is 3.68. The predicted octanol–water partition coefficient (Wildman–Crippen LogP) is 0.666. The minimum absolute atomic E-state index is 0.0318. The quantitative estimate of drug-likeness (QED) is 0.862. The summed E-state index contributed by atoms with van der Waals surface area (Å²) in [6.45, 7) is 1.12. The average Bonchev–Trinajstić information content (AvgIpc) is 3.24. The molecule has 0 unspecified atom stereocenters. The summed E-state index contributed by atoms with van der Waals surface area (Å²) in [5, 5.41) is 14.4. The number of nitrogens with one attached hydrogen (secondary N) is 1. The SMILES string of the molecule is O=C1NC[C@@H]2[C@H]1CCCN2C(=O)c1cc(Cl)ccc1-n1cnnn1. The van der Waals surface area contributed by atoms with Crippen LogP contribution in [-0.2, 0) is 4.79 Å². The van der Waals surface area contributed by atoms with Gasteiger partial charge in [-0.05, 0) is 41.5 Å². The van der Waals surface area contributed by atoms with E-state index in [0.29, 0.717) is 29.4 Å². The minimum atomic E-state index is -0.158. The van der Waals surface area contributed by atoms with Crippen LogP contribution in [0.25, 0.3) is 5.69 Å². The van der Waals surface area contributed by atoms with E-state index in [-0.39, 0.29) is 23.8 Å². The van der Waals surface area contributed by atoms with Crippen molar-refractivity contribution in [2.24, 2.45) is 5.92 Å². The van der Waals surface area contributed by atoms with Crippen LogP contribution in [0.2, 0.25) is 5.02 Å². The highest BCUT2D eigenvalue weighted by molar-refractivity contribution is 6.31. The van der Waals surface area contributed by atoms with Crippen molar-refractivity contribution in [3.8, 4) is 5.69 Å². The molecule has 2 amide bonds. The van der Waals surface area contributed by atoms with Crippen molar-refractivity contribution < 1.29 is 9.59 Å². The van der Waals surface area contributed by atoms with Crippen molar-refractivity contribution in [3.63, 3.8) is 0 Å². The third-order valence-corrected chi connectivity index (χ3v) is 4.88. The van der Waals surface area contributed by atoms with Gasteiger partial charge in [0.05, 0.1) is 23.2 Å². The number of piperidine rings is 1. The number of halogens is 1. The van der Waals surface area contributed by atoms with Gasteiger partial charge in [0.15, 0.2) is 0 Å². The molecule has 2 atom stereocenters. The number of carbonyl (C=O) groups is 2. The van der Waals surface area contributed by atoms with Crippen LogP contribution in [0.1, 0.15) is 23.2 Å². The summed E-state index contributed by atoms with van der Waals surface area (Å²) < 4.78 is 1.43. The van der Waals surface area contributed by atoms with E-state index in [9.17, 15) is 9.59 Å². The number of benzene rings is 1. The summed E-state index contributed by atoms with van der Waals surface area (Å²) in [7, 11) is 0. The molecule has 1 N–H and O–H groups in total. The van der Waals surface area contributed by atoms with Gasteiger partial charge in [-0.3, -0.25) is 9.59 Å². The molecule has 124 valence electrons. The Labute approximate surface area is 142 Å². The van der Waals surface area contributed by atoms with E-state index in [1.165, 1.54) is 11.0 Å². The van der Waals surface area contributed by atoms with Gasteiger partial charge in [-0.1, -0.05) is 11.6 Å². The number of hydrogen-bond donors (Lipinski definition) is 1. The number of likely N-dealkylation sites (tertiary alicyclic amines) is 1. The van der Waals surface area contributed by atoms with Crippen LogP contribution in [-0.4, -0.2) is 56.1 Å². The molecule has 3 heterocycles. The molecule has 4 rings (SSSR count). The van der Waals surface area contributed by atoms with Gasteiger partial charge in [-0.15, -0.1) is 5.10 Å². The highest BCUT2D eigenvalue weighted by Gasteiger charge is 2.43. The number of tetrazole rings is 1. The highest BCUT2D eigenvalue weighted by Crippen LogP contribution is 2.30. The first-order chi connectivity index (χ1) is 11.6. The number of fused-ring (bicyclic) bond motifs is 1. The molecule has 1 aromatic carbocycles. The zero-order valence-corrected chi connectivity index (χ0v) is 13.5. The van der Waals surface area contributed by atoms with E-state index in [1.54, 1.807) is 23.1 Å². The number of aromatic nitrogens is 4. The average molecular weight is 347 g/mol. The maximum Gasteiger partial charge on any atom is 0.256 e. The summed E-state index contributed by atoms with van der Waals surface area (Å²) in [6.07, 6.45) is 3.05. The van der Waals surface area contributed by atoms with Crippen LogP contribution >= 0.6 is 11.6 Å². The first-order valence-corrected chi connectivity index (χ1v) is 8.14. The fraction of sp³-hybridized carbons (Fsp3) is 0.400. The lowest BCUT2D eigenvalue weighted by molar-refractivity contribution is -0.123. The molecule has 24 heavy (non-hydrogen) atoms. The fourth-order valence-electron chi connectivity index (χ4n) is 3.51. The smallest absolute Gasteiger partial charge is 0.256 e. The Morgan fingerprint density at radius 1 is 1.38 bits per heavy atom. The number of nitrogens with zero attached hydrogens (tertiary/aromatic N) is 5. The molecule has 2 aliphatic rings. The second kappa shape index (κ2) is 5.86. The van der Waals surface area contributed by atoms with Crippen LogP contribution < -0.4 is 5.32 Å². The molecule has 2 aromatic rings. The fourth-order valence-corrected chi connectivity index (χ4v) is 3.68. The molecule has 0 aliphatic carbocycles. The van der Waals surface area contributed by atoms with Crippen LogP contribution in [0.4, 0.5) is 0 Å². The Morgan fingerprint density at radius 3 is 3.04 bits per heavy atom. The summed E-state index contributed by atoms with van der Waals surface area (Å²) >= 11 is 6.10. The standard InChI is InChI=1S/C15H15ClN6O2/c16-9-3-4-12(22-8-18-19-20-22)11(6-9)15(24)21-5-1-2-10-13(21)7-17-14(10)23/h3-4,6,8,10,13H,1-2,5,7H2,(H,17,23)/t10-,13-/m1/s1. The Hall–Kier alpha value is -2.48. The normalized spacial score (nSPS) is 23.0. The van der Waals surface area contributed by atoms with Gasteiger partial charge < -0.3 is 10.2 Å². The molecular formula is C15H15ClN6O2. The monoisotopic (exact) mass is 346 g/mol. The van der Waals surface area contributed by atoms with E-state index >= 15 is 0 Å². The van der Waals surface area contributed by atoms with Crippen LogP contribution in [0.5, 0.6) is 0 Å².